The third-order valence-corrected chi connectivity index (χ3v) is 2.18. The topological polar surface area (TPSA) is 39.3 Å². The van der Waals surface area contributed by atoms with Gasteiger partial charge in [-0.2, -0.15) is 5.10 Å². The summed E-state index contributed by atoms with van der Waals surface area (Å²) in [5.74, 6) is 0.800. The molecule has 0 atom stereocenters. The lowest BCUT2D eigenvalue weighted by Crippen LogP contribution is -2.24. The van der Waals surface area contributed by atoms with Gasteiger partial charge in [-0.05, 0) is 12.1 Å². The summed E-state index contributed by atoms with van der Waals surface area (Å²) in [5, 5.41) is 4.29. The summed E-state index contributed by atoms with van der Waals surface area (Å²) in [5.41, 5.74) is 0.636. The van der Waals surface area contributed by atoms with Gasteiger partial charge >= 0.3 is 0 Å². The summed E-state index contributed by atoms with van der Waals surface area (Å²) in [6.07, 6.45) is 2.55. The van der Waals surface area contributed by atoms with Crippen molar-refractivity contribution in [2.24, 2.45) is 7.05 Å². The van der Waals surface area contributed by atoms with Crippen LogP contribution < -0.4 is 5.56 Å². The fourth-order valence-corrected chi connectivity index (χ4v) is 1.42. The predicted octanol–water partition coefficient (Wildman–Crippen LogP) is 0.595. The molecule has 0 bridgehead atoms. The first kappa shape index (κ1) is 8.04. The van der Waals surface area contributed by atoms with Crippen LogP contribution in [-0.4, -0.2) is 14.2 Å². The minimum atomic E-state index is 0.0110. The molecule has 0 fully saturated rings. The van der Waals surface area contributed by atoms with Gasteiger partial charge in [0.15, 0.2) is 0 Å². The highest BCUT2D eigenvalue weighted by atomic mass is 16.1. The SMILES string of the molecule is CCc1nn2cccc2c(=O)n1C. The molecule has 0 amide bonds. The monoisotopic (exact) mass is 177 g/mol. The molecule has 68 valence electrons. The minimum absolute atomic E-state index is 0.0110. The van der Waals surface area contributed by atoms with Crippen molar-refractivity contribution in [3.05, 3.63) is 34.5 Å². The third-order valence-electron chi connectivity index (χ3n) is 2.18. The summed E-state index contributed by atoms with van der Waals surface area (Å²) >= 11 is 0. The van der Waals surface area contributed by atoms with Crippen molar-refractivity contribution in [3.8, 4) is 0 Å². The van der Waals surface area contributed by atoms with Crippen molar-refractivity contribution < 1.29 is 0 Å². The van der Waals surface area contributed by atoms with Crippen LogP contribution in [0.15, 0.2) is 23.1 Å². The molecule has 0 spiro atoms. The zero-order valence-electron chi connectivity index (χ0n) is 7.69. The first-order chi connectivity index (χ1) is 6.24. The molecule has 13 heavy (non-hydrogen) atoms. The van der Waals surface area contributed by atoms with E-state index in [2.05, 4.69) is 5.10 Å². The van der Waals surface area contributed by atoms with Crippen molar-refractivity contribution >= 4 is 5.52 Å². The van der Waals surface area contributed by atoms with E-state index < -0.39 is 0 Å². The van der Waals surface area contributed by atoms with Crippen molar-refractivity contribution in [1.29, 1.82) is 0 Å². The fraction of sp³-hybridized carbons (Fsp3) is 0.333. The number of rotatable bonds is 1. The first-order valence-corrected chi connectivity index (χ1v) is 4.27. The molecule has 0 aliphatic carbocycles. The smallest absolute Gasteiger partial charge is 0.277 e. The molecule has 0 N–H and O–H groups in total. The van der Waals surface area contributed by atoms with Crippen LogP contribution in [0.4, 0.5) is 0 Å². The third kappa shape index (κ3) is 1.06. The molecule has 0 unspecified atom stereocenters. The molecule has 2 aromatic rings. The molecule has 0 aliphatic heterocycles. The molecule has 2 heterocycles. The Labute approximate surface area is 75.4 Å². The maximum absolute atomic E-state index is 11.7. The Bertz CT molecular complexity index is 495. The van der Waals surface area contributed by atoms with Gasteiger partial charge in [0.05, 0.1) is 0 Å². The zero-order valence-corrected chi connectivity index (χ0v) is 7.69. The first-order valence-electron chi connectivity index (χ1n) is 4.27. The van der Waals surface area contributed by atoms with Gasteiger partial charge in [0, 0.05) is 19.7 Å². The molecule has 0 saturated heterocycles. The van der Waals surface area contributed by atoms with Crippen LogP contribution in [0.3, 0.4) is 0 Å². The van der Waals surface area contributed by atoms with Crippen LogP contribution in [0.5, 0.6) is 0 Å². The standard InChI is InChI=1S/C9H11N3O/c1-3-8-10-12-6-4-5-7(12)9(13)11(8)2/h4-6H,3H2,1-2H3. The highest BCUT2D eigenvalue weighted by Crippen LogP contribution is 1.98. The molecule has 0 radical (unpaired) electrons. The highest BCUT2D eigenvalue weighted by molar-refractivity contribution is 5.43. The largest absolute Gasteiger partial charge is 0.297 e. The summed E-state index contributed by atoms with van der Waals surface area (Å²) in [6, 6.07) is 3.60. The summed E-state index contributed by atoms with van der Waals surface area (Å²) < 4.78 is 3.22. The van der Waals surface area contributed by atoms with Crippen molar-refractivity contribution in [1.82, 2.24) is 14.2 Å². The Hall–Kier alpha value is -1.58. The molecule has 0 aliphatic rings. The number of hydrogen-bond donors (Lipinski definition) is 0. The summed E-state index contributed by atoms with van der Waals surface area (Å²) in [6.45, 7) is 1.98. The van der Waals surface area contributed by atoms with Gasteiger partial charge in [-0.1, -0.05) is 6.92 Å². The van der Waals surface area contributed by atoms with Gasteiger partial charge in [0.25, 0.3) is 5.56 Å². The normalized spacial score (nSPS) is 10.9. The van der Waals surface area contributed by atoms with E-state index in [1.807, 2.05) is 13.0 Å². The molecule has 0 aromatic carbocycles. The number of aromatic nitrogens is 3. The molecule has 0 saturated carbocycles. The van der Waals surface area contributed by atoms with E-state index in [-0.39, 0.29) is 5.56 Å². The maximum atomic E-state index is 11.7. The average molecular weight is 177 g/mol. The van der Waals surface area contributed by atoms with Gasteiger partial charge in [-0.15, -0.1) is 0 Å². The van der Waals surface area contributed by atoms with E-state index in [0.717, 1.165) is 12.2 Å². The predicted molar refractivity (Wildman–Crippen MR) is 49.8 cm³/mol. The van der Waals surface area contributed by atoms with Gasteiger partial charge < -0.3 is 0 Å². The van der Waals surface area contributed by atoms with E-state index in [4.69, 9.17) is 0 Å². The van der Waals surface area contributed by atoms with Crippen LogP contribution in [0.2, 0.25) is 0 Å². The number of aryl methyl sites for hydroxylation is 1. The Morgan fingerprint density at radius 2 is 2.31 bits per heavy atom. The Balaban J connectivity index is 2.92. The molecule has 4 heteroatoms. The van der Waals surface area contributed by atoms with Gasteiger partial charge in [-0.25, -0.2) is 4.52 Å². The second kappa shape index (κ2) is 2.73. The van der Waals surface area contributed by atoms with Crippen molar-refractivity contribution in [2.75, 3.05) is 0 Å². The average Bonchev–Trinajstić information content (AvgIpc) is 2.59. The van der Waals surface area contributed by atoms with Crippen LogP contribution in [-0.2, 0) is 13.5 Å². The van der Waals surface area contributed by atoms with Crippen molar-refractivity contribution in [2.45, 2.75) is 13.3 Å². The maximum Gasteiger partial charge on any atom is 0.277 e. The second-order valence-electron chi connectivity index (χ2n) is 2.97. The Morgan fingerprint density at radius 1 is 1.54 bits per heavy atom. The van der Waals surface area contributed by atoms with E-state index in [1.165, 1.54) is 0 Å². The molecular weight excluding hydrogens is 166 g/mol. The van der Waals surface area contributed by atoms with Crippen LogP contribution in [0.1, 0.15) is 12.7 Å². The van der Waals surface area contributed by atoms with Crippen LogP contribution in [0, 0.1) is 0 Å². The van der Waals surface area contributed by atoms with Gasteiger partial charge in [-0.3, -0.25) is 9.36 Å². The van der Waals surface area contributed by atoms with Crippen LogP contribution >= 0.6 is 0 Å². The lowest BCUT2D eigenvalue weighted by molar-refractivity contribution is 0.686. The zero-order chi connectivity index (χ0) is 9.42. The lowest BCUT2D eigenvalue weighted by atomic mass is 10.4. The van der Waals surface area contributed by atoms with Gasteiger partial charge in [0.2, 0.25) is 0 Å². The summed E-state index contributed by atoms with van der Waals surface area (Å²) in [4.78, 5) is 11.7. The van der Waals surface area contributed by atoms with Crippen molar-refractivity contribution in [3.63, 3.8) is 0 Å². The van der Waals surface area contributed by atoms with E-state index >= 15 is 0 Å². The van der Waals surface area contributed by atoms with Gasteiger partial charge in [0.1, 0.15) is 11.3 Å². The Kier molecular flexibility index (Phi) is 1.69. The summed E-state index contributed by atoms with van der Waals surface area (Å²) in [7, 11) is 1.75. The van der Waals surface area contributed by atoms with E-state index in [1.54, 1.807) is 28.4 Å². The molecule has 4 nitrogen and oxygen atoms in total. The van der Waals surface area contributed by atoms with E-state index in [9.17, 15) is 4.79 Å². The number of nitrogens with zero attached hydrogens (tertiary/aromatic N) is 3. The molecule has 2 rings (SSSR count). The number of fused-ring (bicyclic) bond motifs is 1. The lowest BCUT2D eigenvalue weighted by Gasteiger charge is -2.04. The van der Waals surface area contributed by atoms with Crippen LogP contribution in [0.25, 0.3) is 5.52 Å². The quantitative estimate of drug-likeness (QED) is 0.639. The fourth-order valence-electron chi connectivity index (χ4n) is 1.42. The molecule has 2 aromatic heterocycles. The second-order valence-corrected chi connectivity index (χ2v) is 2.97. The minimum Gasteiger partial charge on any atom is -0.297 e. The highest BCUT2D eigenvalue weighted by Gasteiger charge is 2.04. The molecular formula is C9H11N3O. The Morgan fingerprint density at radius 3 is 3.00 bits per heavy atom. The van der Waals surface area contributed by atoms with E-state index in [0.29, 0.717) is 5.52 Å². The number of hydrogen-bond acceptors (Lipinski definition) is 2.